The SMILES string of the molecule is CC(C)C1=CC(C(C)C)(P(C2CCCCC2)C2CCCCC2)C(c2ccccc2)C(C(C)C)=C1. The molecule has 2 unspecified atom stereocenters. The third-order valence-corrected chi connectivity index (χ3v) is 13.7. The van der Waals surface area contributed by atoms with Crippen molar-refractivity contribution in [3.63, 3.8) is 0 Å². The first kappa shape index (κ1) is 26.2. The van der Waals surface area contributed by atoms with Gasteiger partial charge in [0.2, 0.25) is 0 Å². The van der Waals surface area contributed by atoms with Crippen molar-refractivity contribution >= 4 is 7.92 Å². The summed E-state index contributed by atoms with van der Waals surface area (Å²) in [6.45, 7) is 15.0. The smallest absolute Gasteiger partial charge is 0.0224 e. The fraction of sp³-hybridized carbons (Fsp3) is 0.697. The van der Waals surface area contributed by atoms with Crippen molar-refractivity contribution in [1.82, 2.24) is 0 Å². The molecule has 3 aliphatic carbocycles. The minimum absolute atomic E-state index is 0.122. The molecule has 0 N–H and O–H groups in total. The zero-order chi connectivity index (χ0) is 24.3. The first-order valence-corrected chi connectivity index (χ1v) is 16.1. The van der Waals surface area contributed by atoms with E-state index in [4.69, 9.17) is 0 Å². The zero-order valence-electron chi connectivity index (χ0n) is 23.0. The lowest BCUT2D eigenvalue weighted by Crippen LogP contribution is -2.47. The number of benzene rings is 1. The van der Waals surface area contributed by atoms with Gasteiger partial charge in [0.25, 0.3) is 0 Å². The molecule has 2 saturated carbocycles. The molecule has 2 fully saturated rings. The van der Waals surface area contributed by atoms with E-state index in [-0.39, 0.29) is 13.1 Å². The van der Waals surface area contributed by atoms with Crippen LogP contribution in [-0.2, 0) is 0 Å². The van der Waals surface area contributed by atoms with Gasteiger partial charge in [0, 0.05) is 11.1 Å². The summed E-state index contributed by atoms with van der Waals surface area (Å²) < 4.78 is 0. The second-order valence-electron chi connectivity index (χ2n) is 12.5. The summed E-state index contributed by atoms with van der Waals surface area (Å²) in [5.41, 5.74) is 6.83. The fourth-order valence-corrected chi connectivity index (χ4v) is 12.7. The van der Waals surface area contributed by atoms with Gasteiger partial charge in [0.1, 0.15) is 0 Å². The number of rotatable bonds is 7. The molecule has 34 heavy (non-hydrogen) atoms. The average molecular weight is 479 g/mol. The van der Waals surface area contributed by atoms with Crippen LogP contribution in [0.15, 0.2) is 53.6 Å². The summed E-state index contributed by atoms with van der Waals surface area (Å²) in [5.74, 6) is 2.37. The van der Waals surface area contributed by atoms with Gasteiger partial charge in [-0.3, -0.25) is 0 Å². The summed E-state index contributed by atoms with van der Waals surface area (Å²) in [6.07, 6.45) is 20.3. The fourth-order valence-electron chi connectivity index (χ4n) is 7.54. The molecule has 1 aromatic carbocycles. The normalized spacial score (nSPS) is 27.5. The monoisotopic (exact) mass is 478 g/mol. The van der Waals surface area contributed by atoms with Gasteiger partial charge in [-0.1, -0.05) is 136 Å². The zero-order valence-corrected chi connectivity index (χ0v) is 23.9. The summed E-state index contributed by atoms with van der Waals surface area (Å²) in [7, 11) is -0.122. The van der Waals surface area contributed by atoms with E-state index in [1.54, 1.807) is 16.7 Å². The summed E-state index contributed by atoms with van der Waals surface area (Å²) in [6, 6.07) is 11.7. The van der Waals surface area contributed by atoms with Crippen LogP contribution in [0, 0.1) is 17.8 Å². The van der Waals surface area contributed by atoms with Gasteiger partial charge >= 0.3 is 0 Å². The second kappa shape index (κ2) is 11.5. The van der Waals surface area contributed by atoms with E-state index in [0.717, 1.165) is 11.3 Å². The number of allylic oxidation sites excluding steroid dienone is 4. The molecule has 1 aromatic rings. The van der Waals surface area contributed by atoms with Gasteiger partial charge in [0.15, 0.2) is 0 Å². The molecule has 0 nitrogen and oxygen atoms in total. The van der Waals surface area contributed by atoms with Gasteiger partial charge in [-0.05, 0) is 65.9 Å². The summed E-state index contributed by atoms with van der Waals surface area (Å²) >= 11 is 0. The van der Waals surface area contributed by atoms with E-state index in [1.165, 1.54) is 64.2 Å². The number of hydrogen-bond donors (Lipinski definition) is 0. The van der Waals surface area contributed by atoms with Gasteiger partial charge in [-0.25, -0.2) is 0 Å². The highest BCUT2D eigenvalue weighted by molar-refractivity contribution is 7.61. The van der Waals surface area contributed by atoms with Crippen LogP contribution in [0.1, 0.15) is 117 Å². The van der Waals surface area contributed by atoms with E-state index in [1.807, 2.05) is 0 Å². The summed E-state index contributed by atoms with van der Waals surface area (Å²) in [4.78, 5) is 0. The first-order valence-electron chi connectivity index (χ1n) is 14.6. The van der Waals surface area contributed by atoms with Crippen LogP contribution in [-0.4, -0.2) is 16.5 Å². The third-order valence-electron chi connectivity index (χ3n) is 9.30. The molecule has 0 aromatic heterocycles. The van der Waals surface area contributed by atoms with Crippen molar-refractivity contribution in [3.8, 4) is 0 Å². The molecule has 0 aliphatic heterocycles. The van der Waals surface area contributed by atoms with E-state index < -0.39 is 0 Å². The average Bonchev–Trinajstić information content (AvgIpc) is 2.85. The molecule has 0 radical (unpaired) electrons. The Morgan fingerprint density at radius 3 is 1.68 bits per heavy atom. The molecule has 0 amide bonds. The van der Waals surface area contributed by atoms with Crippen LogP contribution in [0.4, 0.5) is 0 Å². The van der Waals surface area contributed by atoms with Crippen LogP contribution < -0.4 is 0 Å². The number of hydrogen-bond acceptors (Lipinski definition) is 0. The Kier molecular flexibility index (Phi) is 8.83. The van der Waals surface area contributed by atoms with Crippen molar-refractivity contribution in [1.29, 1.82) is 0 Å². The molecule has 188 valence electrons. The molecule has 1 heteroatoms. The highest BCUT2D eigenvalue weighted by Gasteiger charge is 2.54. The van der Waals surface area contributed by atoms with E-state index >= 15 is 0 Å². The highest BCUT2D eigenvalue weighted by atomic mass is 31.1. The third kappa shape index (κ3) is 5.14. The quantitative estimate of drug-likeness (QED) is 0.342. The van der Waals surface area contributed by atoms with Gasteiger partial charge in [-0.2, -0.15) is 0 Å². The second-order valence-corrected chi connectivity index (χ2v) is 15.5. The Labute approximate surface area is 212 Å². The maximum Gasteiger partial charge on any atom is 0.0224 e. The van der Waals surface area contributed by atoms with Crippen LogP contribution >= 0.6 is 7.92 Å². The lowest BCUT2D eigenvalue weighted by molar-refractivity contribution is 0.400. The van der Waals surface area contributed by atoms with Crippen LogP contribution in [0.3, 0.4) is 0 Å². The van der Waals surface area contributed by atoms with Crippen molar-refractivity contribution in [2.45, 2.75) is 128 Å². The minimum atomic E-state index is -0.122. The summed E-state index contributed by atoms with van der Waals surface area (Å²) in [5, 5.41) is 0.272. The van der Waals surface area contributed by atoms with Crippen LogP contribution in [0.25, 0.3) is 0 Å². The Balaban J connectivity index is 1.97. The molecule has 2 atom stereocenters. The molecular formula is C33H51P. The van der Waals surface area contributed by atoms with Crippen LogP contribution in [0.5, 0.6) is 0 Å². The molecule has 3 aliphatic rings. The Bertz CT molecular complexity index is 815. The lowest BCUT2D eigenvalue weighted by atomic mass is 9.67. The van der Waals surface area contributed by atoms with E-state index in [2.05, 4.69) is 84.0 Å². The van der Waals surface area contributed by atoms with Crippen molar-refractivity contribution in [2.24, 2.45) is 17.8 Å². The Morgan fingerprint density at radius 2 is 1.24 bits per heavy atom. The van der Waals surface area contributed by atoms with Crippen LogP contribution in [0.2, 0.25) is 0 Å². The molecular weight excluding hydrogens is 427 g/mol. The standard InChI is InChI=1S/C33H51P/c1-24(2)28-22-31(25(3)4)32(27-16-10-7-11-17-27)33(23-28,26(5)6)34(29-18-12-8-13-19-29)30-20-14-9-15-21-30/h7,10-11,16-17,22-26,29-30,32H,8-9,12-15,18-21H2,1-6H3. The van der Waals surface area contributed by atoms with Crippen molar-refractivity contribution in [2.75, 3.05) is 0 Å². The molecule has 0 heterocycles. The van der Waals surface area contributed by atoms with E-state index in [9.17, 15) is 0 Å². The first-order chi connectivity index (χ1) is 16.4. The topological polar surface area (TPSA) is 0 Å². The van der Waals surface area contributed by atoms with E-state index in [0.29, 0.717) is 23.7 Å². The lowest BCUT2D eigenvalue weighted by Gasteiger charge is -2.57. The molecule has 4 rings (SSSR count). The molecule has 0 saturated heterocycles. The maximum absolute atomic E-state index is 2.90. The maximum atomic E-state index is 2.90. The predicted octanol–water partition coefficient (Wildman–Crippen LogP) is 10.5. The van der Waals surface area contributed by atoms with Gasteiger partial charge in [-0.15, -0.1) is 0 Å². The Morgan fingerprint density at radius 1 is 0.706 bits per heavy atom. The molecule has 0 spiro atoms. The minimum Gasteiger partial charge on any atom is -0.0888 e. The van der Waals surface area contributed by atoms with Crippen molar-refractivity contribution in [3.05, 3.63) is 59.2 Å². The van der Waals surface area contributed by atoms with Crippen molar-refractivity contribution < 1.29 is 0 Å². The van der Waals surface area contributed by atoms with Gasteiger partial charge in [0.05, 0.1) is 0 Å². The largest absolute Gasteiger partial charge is 0.0888 e. The molecule has 0 bridgehead atoms. The highest BCUT2D eigenvalue weighted by Crippen LogP contribution is 2.72. The Hall–Kier alpha value is -0.870. The van der Waals surface area contributed by atoms with Gasteiger partial charge < -0.3 is 0 Å². The predicted molar refractivity (Wildman–Crippen MR) is 153 cm³/mol.